The van der Waals surface area contributed by atoms with E-state index >= 15 is 0 Å². The Bertz CT molecular complexity index is 742. The summed E-state index contributed by atoms with van der Waals surface area (Å²) in [7, 11) is 1.68. The molecule has 1 fully saturated rings. The van der Waals surface area contributed by atoms with E-state index in [0.717, 1.165) is 41.7 Å². The third-order valence-electron chi connectivity index (χ3n) is 5.37. The number of benzene rings is 2. The number of ether oxygens (including phenoxy) is 1. The molecule has 0 heterocycles. The van der Waals surface area contributed by atoms with E-state index in [0.29, 0.717) is 12.3 Å². The van der Waals surface area contributed by atoms with Crippen LogP contribution in [0.25, 0.3) is 11.1 Å². The largest absolute Gasteiger partial charge is 0.496 e. The van der Waals surface area contributed by atoms with Crippen LogP contribution in [0.3, 0.4) is 0 Å². The van der Waals surface area contributed by atoms with Gasteiger partial charge in [-0.25, -0.2) is 0 Å². The topological polar surface area (TPSA) is 64.3 Å². The normalized spacial score (nSPS) is 20.6. The van der Waals surface area contributed by atoms with Crippen LogP contribution in [0.4, 0.5) is 0 Å². The maximum atomic E-state index is 12.3. The van der Waals surface area contributed by atoms with Crippen molar-refractivity contribution in [2.45, 2.75) is 44.7 Å². The van der Waals surface area contributed by atoms with Gasteiger partial charge < -0.3 is 15.8 Å². The van der Waals surface area contributed by atoms with Gasteiger partial charge in [0.15, 0.2) is 0 Å². The number of amides is 1. The van der Waals surface area contributed by atoms with E-state index in [-0.39, 0.29) is 18.0 Å². The van der Waals surface area contributed by atoms with Gasteiger partial charge in [0, 0.05) is 18.0 Å². The first-order valence-corrected chi connectivity index (χ1v) is 9.36. The Balaban J connectivity index is 1.63. The lowest BCUT2D eigenvalue weighted by Crippen LogP contribution is -2.32. The number of methoxy groups -OCH3 is 1. The highest BCUT2D eigenvalue weighted by atomic mass is 16.5. The van der Waals surface area contributed by atoms with Crippen LogP contribution in [-0.2, 0) is 4.79 Å². The summed E-state index contributed by atoms with van der Waals surface area (Å²) in [5.41, 5.74) is 9.33. The van der Waals surface area contributed by atoms with Gasteiger partial charge in [-0.15, -0.1) is 0 Å². The molecule has 1 aliphatic carbocycles. The first-order chi connectivity index (χ1) is 12.6. The smallest absolute Gasteiger partial charge is 0.220 e. The number of para-hydroxylation sites is 1. The van der Waals surface area contributed by atoms with E-state index in [9.17, 15) is 4.79 Å². The van der Waals surface area contributed by atoms with Gasteiger partial charge in [0.25, 0.3) is 0 Å². The third-order valence-corrected chi connectivity index (χ3v) is 5.37. The molecule has 4 nitrogen and oxygen atoms in total. The molecule has 1 aliphatic rings. The van der Waals surface area contributed by atoms with E-state index in [2.05, 4.69) is 29.6 Å². The summed E-state index contributed by atoms with van der Waals surface area (Å²) in [6, 6.07) is 16.4. The Hall–Kier alpha value is -2.33. The van der Waals surface area contributed by atoms with Crippen molar-refractivity contribution in [3.8, 4) is 16.9 Å². The molecule has 3 N–H and O–H groups in total. The van der Waals surface area contributed by atoms with Crippen LogP contribution in [0.15, 0.2) is 48.5 Å². The monoisotopic (exact) mass is 352 g/mol. The highest BCUT2D eigenvalue weighted by Gasteiger charge is 2.26. The van der Waals surface area contributed by atoms with Gasteiger partial charge in [-0.2, -0.15) is 0 Å². The minimum Gasteiger partial charge on any atom is -0.496 e. The summed E-state index contributed by atoms with van der Waals surface area (Å²) in [6.45, 7) is 2.02. The van der Waals surface area contributed by atoms with Crippen LogP contribution in [0.1, 0.15) is 44.2 Å². The zero-order valence-electron chi connectivity index (χ0n) is 15.6. The van der Waals surface area contributed by atoms with E-state index in [1.807, 2.05) is 31.2 Å². The van der Waals surface area contributed by atoms with Gasteiger partial charge in [0.05, 0.1) is 13.2 Å². The second-order valence-corrected chi connectivity index (χ2v) is 7.17. The summed E-state index contributed by atoms with van der Waals surface area (Å²) in [6.07, 6.45) is 3.78. The van der Waals surface area contributed by atoms with Gasteiger partial charge in [-0.3, -0.25) is 4.79 Å². The number of rotatable bonds is 6. The molecule has 3 rings (SSSR count). The lowest BCUT2D eigenvalue weighted by atomic mass is 9.98. The molecule has 1 unspecified atom stereocenters. The lowest BCUT2D eigenvalue weighted by molar-refractivity contribution is -0.122. The summed E-state index contributed by atoms with van der Waals surface area (Å²) in [4.78, 5) is 12.3. The molecule has 3 atom stereocenters. The van der Waals surface area contributed by atoms with Crippen LogP contribution in [0.5, 0.6) is 5.75 Å². The zero-order chi connectivity index (χ0) is 18.5. The van der Waals surface area contributed by atoms with Crippen molar-refractivity contribution in [3.05, 3.63) is 54.1 Å². The molecule has 0 saturated heterocycles. The molecule has 0 bridgehead atoms. The minimum absolute atomic E-state index is 0.0214. The molecule has 1 amide bonds. The zero-order valence-corrected chi connectivity index (χ0v) is 15.6. The number of nitrogens with one attached hydrogen (secondary N) is 1. The van der Waals surface area contributed by atoms with E-state index in [1.165, 1.54) is 0 Å². The summed E-state index contributed by atoms with van der Waals surface area (Å²) in [5, 5.41) is 3.11. The van der Waals surface area contributed by atoms with Crippen LogP contribution >= 0.6 is 0 Å². The van der Waals surface area contributed by atoms with Crippen LogP contribution in [0.2, 0.25) is 0 Å². The summed E-state index contributed by atoms with van der Waals surface area (Å²) < 4.78 is 5.43. The SMILES string of the molecule is COc1ccccc1-c1ccc(C(C)NC(=O)C[C@@H]2CCC[C@H]2N)cc1. The van der Waals surface area contributed by atoms with Crippen LogP contribution < -0.4 is 15.8 Å². The van der Waals surface area contributed by atoms with Crippen molar-refractivity contribution in [1.29, 1.82) is 0 Å². The van der Waals surface area contributed by atoms with Crippen LogP contribution in [-0.4, -0.2) is 19.1 Å². The molecular formula is C22H28N2O2. The third kappa shape index (κ3) is 4.25. The fourth-order valence-electron chi connectivity index (χ4n) is 3.78. The predicted octanol–water partition coefficient (Wildman–Crippen LogP) is 4.06. The van der Waals surface area contributed by atoms with Crippen molar-refractivity contribution in [2.75, 3.05) is 7.11 Å². The lowest BCUT2D eigenvalue weighted by Gasteiger charge is -2.19. The Kier molecular flexibility index (Phi) is 5.94. The first kappa shape index (κ1) is 18.5. The molecule has 0 radical (unpaired) electrons. The van der Waals surface area contributed by atoms with Crippen molar-refractivity contribution < 1.29 is 9.53 Å². The van der Waals surface area contributed by atoms with Gasteiger partial charge in [0.2, 0.25) is 5.91 Å². The molecule has 0 aromatic heterocycles. The first-order valence-electron chi connectivity index (χ1n) is 9.36. The molecule has 0 spiro atoms. The van der Waals surface area contributed by atoms with Crippen molar-refractivity contribution in [3.63, 3.8) is 0 Å². The van der Waals surface area contributed by atoms with Crippen molar-refractivity contribution >= 4 is 5.91 Å². The highest BCUT2D eigenvalue weighted by molar-refractivity contribution is 5.77. The van der Waals surface area contributed by atoms with Gasteiger partial charge in [-0.05, 0) is 42.9 Å². The maximum Gasteiger partial charge on any atom is 0.220 e. The van der Waals surface area contributed by atoms with Gasteiger partial charge >= 0.3 is 0 Å². The summed E-state index contributed by atoms with van der Waals surface area (Å²) >= 11 is 0. The number of nitrogens with two attached hydrogens (primary N) is 1. The second kappa shape index (κ2) is 8.37. The van der Waals surface area contributed by atoms with E-state index in [4.69, 9.17) is 10.5 Å². The van der Waals surface area contributed by atoms with Crippen molar-refractivity contribution in [1.82, 2.24) is 5.32 Å². The Morgan fingerprint density at radius 2 is 1.92 bits per heavy atom. The molecule has 26 heavy (non-hydrogen) atoms. The summed E-state index contributed by atoms with van der Waals surface area (Å²) in [5.74, 6) is 1.28. The number of carbonyl (C=O) groups excluding carboxylic acids is 1. The molecular weight excluding hydrogens is 324 g/mol. The van der Waals surface area contributed by atoms with E-state index < -0.39 is 0 Å². The quantitative estimate of drug-likeness (QED) is 0.824. The second-order valence-electron chi connectivity index (χ2n) is 7.17. The molecule has 2 aromatic rings. The predicted molar refractivity (Wildman–Crippen MR) is 105 cm³/mol. The average molecular weight is 352 g/mol. The number of carbonyl (C=O) groups is 1. The standard InChI is InChI=1S/C22H28N2O2/c1-15(24-22(25)14-18-6-5-8-20(18)23)16-10-12-17(13-11-16)19-7-3-4-9-21(19)26-2/h3-4,7,9-13,15,18,20H,5-6,8,14,23H2,1-2H3,(H,24,25)/t15?,18-,20+/m0/s1. The maximum absolute atomic E-state index is 12.3. The van der Waals surface area contributed by atoms with Crippen LogP contribution in [0, 0.1) is 5.92 Å². The fourth-order valence-corrected chi connectivity index (χ4v) is 3.78. The fraction of sp³-hybridized carbons (Fsp3) is 0.409. The number of hydrogen-bond donors (Lipinski definition) is 2. The van der Waals surface area contributed by atoms with Crippen molar-refractivity contribution in [2.24, 2.45) is 11.7 Å². The molecule has 4 heteroatoms. The van der Waals surface area contributed by atoms with Gasteiger partial charge in [-0.1, -0.05) is 48.9 Å². The van der Waals surface area contributed by atoms with E-state index in [1.54, 1.807) is 7.11 Å². The molecule has 1 saturated carbocycles. The number of hydrogen-bond acceptors (Lipinski definition) is 3. The average Bonchev–Trinajstić information content (AvgIpc) is 3.06. The van der Waals surface area contributed by atoms with Gasteiger partial charge in [0.1, 0.15) is 5.75 Å². The highest BCUT2D eigenvalue weighted by Crippen LogP contribution is 2.30. The Morgan fingerprint density at radius 1 is 1.19 bits per heavy atom. The molecule has 0 aliphatic heterocycles. The molecule has 138 valence electrons. The molecule has 2 aromatic carbocycles. The minimum atomic E-state index is -0.0214. The Morgan fingerprint density at radius 3 is 2.58 bits per heavy atom. The Labute approximate surface area is 155 Å².